The summed E-state index contributed by atoms with van der Waals surface area (Å²) in [6.45, 7) is 3.36. The Morgan fingerprint density at radius 3 is 2.27 bits per heavy atom. The van der Waals surface area contributed by atoms with Gasteiger partial charge in [0.2, 0.25) is 0 Å². The van der Waals surface area contributed by atoms with Gasteiger partial charge in [0.25, 0.3) is 5.92 Å². The van der Waals surface area contributed by atoms with Gasteiger partial charge in [-0.3, -0.25) is 0 Å². The molecule has 2 rings (SSSR count). The van der Waals surface area contributed by atoms with Crippen molar-refractivity contribution in [3.8, 4) is 0 Å². The Balaban J connectivity index is 2.00. The first kappa shape index (κ1) is 15.9. The molecule has 22 heavy (non-hydrogen) atoms. The third kappa shape index (κ3) is 4.04. The van der Waals surface area contributed by atoms with E-state index in [1.165, 1.54) is 31.2 Å². The van der Waals surface area contributed by atoms with Crippen LogP contribution >= 0.6 is 0 Å². The fourth-order valence-corrected chi connectivity index (χ4v) is 2.02. The maximum atomic E-state index is 13.5. The fraction of sp³-hybridized carbons (Fsp3) is 0.235. The molecule has 0 saturated carbocycles. The van der Waals surface area contributed by atoms with Crippen LogP contribution in [0.2, 0.25) is 0 Å². The molecule has 2 aromatic carbocycles. The second kappa shape index (κ2) is 6.56. The van der Waals surface area contributed by atoms with Crippen LogP contribution in [0, 0.1) is 6.92 Å². The first-order valence-corrected chi connectivity index (χ1v) is 7.04. The molecular weight excluding hydrogens is 286 g/mol. The van der Waals surface area contributed by atoms with Crippen molar-refractivity contribution in [3.63, 3.8) is 0 Å². The highest BCUT2D eigenvalue weighted by Crippen LogP contribution is 2.31. The molecule has 2 aromatic rings. The van der Waals surface area contributed by atoms with Crippen LogP contribution in [0.1, 0.15) is 24.5 Å². The van der Waals surface area contributed by atoms with Gasteiger partial charge in [-0.05, 0) is 36.8 Å². The SMILES string of the molecule is CCC(F)(F)c1ccc(NC(=O)Nc2cccc(C)c2)cc1. The lowest BCUT2D eigenvalue weighted by atomic mass is 10.1. The highest BCUT2D eigenvalue weighted by atomic mass is 19.3. The Morgan fingerprint density at radius 2 is 1.68 bits per heavy atom. The number of aryl methyl sites for hydroxylation is 1. The Hall–Kier alpha value is -2.43. The molecule has 0 spiro atoms. The number of hydrogen-bond donors (Lipinski definition) is 2. The number of alkyl halides is 2. The molecule has 5 heteroatoms. The largest absolute Gasteiger partial charge is 0.323 e. The molecular formula is C17H18F2N2O. The number of nitrogens with one attached hydrogen (secondary N) is 2. The summed E-state index contributed by atoms with van der Waals surface area (Å²) in [5.74, 6) is -2.84. The van der Waals surface area contributed by atoms with Crippen molar-refractivity contribution in [2.75, 3.05) is 10.6 Å². The van der Waals surface area contributed by atoms with Gasteiger partial charge in [-0.25, -0.2) is 13.6 Å². The molecule has 2 amide bonds. The maximum absolute atomic E-state index is 13.5. The monoisotopic (exact) mass is 304 g/mol. The summed E-state index contributed by atoms with van der Waals surface area (Å²) in [5.41, 5.74) is 2.11. The van der Waals surface area contributed by atoms with Gasteiger partial charge in [-0.2, -0.15) is 0 Å². The zero-order valence-corrected chi connectivity index (χ0v) is 12.5. The van der Waals surface area contributed by atoms with Gasteiger partial charge >= 0.3 is 6.03 Å². The normalized spacial score (nSPS) is 11.1. The maximum Gasteiger partial charge on any atom is 0.323 e. The van der Waals surface area contributed by atoms with Crippen molar-refractivity contribution >= 4 is 17.4 Å². The molecule has 0 atom stereocenters. The summed E-state index contributed by atoms with van der Waals surface area (Å²) in [5, 5.41) is 5.30. The summed E-state index contributed by atoms with van der Waals surface area (Å²) in [6, 6.07) is 12.5. The molecule has 0 aromatic heterocycles. The first-order chi connectivity index (χ1) is 10.4. The number of anilines is 2. The number of carbonyl (C=O) groups excluding carboxylic acids is 1. The predicted molar refractivity (Wildman–Crippen MR) is 84.4 cm³/mol. The Bertz CT molecular complexity index is 654. The summed E-state index contributed by atoms with van der Waals surface area (Å²) < 4.78 is 27.0. The molecule has 116 valence electrons. The molecule has 0 saturated heterocycles. The van der Waals surface area contributed by atoms with Crippen molar-refractivity contribution in [3.05, 3.63) is 59.7 Å². The Morgan fingerprint density at radius 1 is 1.05 bits per heavy atom. The molecule has 0 fully saturated rings. The molecule has 0 radical (unpaired) electrons. The quantitative estimate of drug-likeness (QED) is 0.806. The van der Waals surface area contributed by atoms with Gasteiger partial charge in [0, 0.05) is 23.4 Å². The molecule has 2 N–H and O–H groups in total. The smallest absolute Gasteiger partial charge is 0.308 e. The van der Waals surface area contributed by atoms with Crippen LogP contribution in [0.4, 0.5) is 25.0 Å². The average Bonchev–Trinajstić information content (AvgIpc) is 2.47. The Labute approximate surface area is 128 Å². The van der Waals surface area contributed by atoms with Gasteiger partial charge in [0.1, 0.15) is 0 Å². The number of rotatable bonds is 4. The number of amides is 2. The number of benzene rings is 2. The van der Waals surface area contributed by atoms with Gasteiger partial charge in [-0.1, -0.05) is 31.2 Å². The van der Waals surface area contributed by atoms with E-state index in [1.54, 1.807) is 6.07 Å². The van der Waals surface area contributed by atoms with Gasteiger partial charge < -0.3 is 10.6 Å². The van der Waals surface area contributed by atoms with E-state index in [0.29, 0.717) is 11.4 Å². The van der Waals surface area contributed by atoms with Crippen molar-refractivity contribution in [2.24, 2.45) is 0 Å². The van der Waals surface area contributed by atoms with E-state index >= 15 is 0 Å². The third-order valence-electron chi connectivity index (χ3n) is 3.29. The van der Waals surface area contributed by atoms with Crippen molar-refractivity contribution in [2.45, 2.75) is 26.2 Å². The molecule has 0 bridgehead atoms. The number of urea groups is 1. The van der Waals surface area contributed by atoms with Gasteiger partial charge in [0.15, 0.2) is 0 Å². The van der Waals surface area contributed by atoms with Gasteiger partial charge in [0.05, 0.1) is 0 Å². The first-order valence-electron chi connectivity index (χ1n) is 7.04. The van der Waals surface area contributed by atoms with E-state index in [0.717, 1.165) is 5.56 Å². The molecule has 0 aliphatic carbocycles. The minimum absolute atomic E-state index is 0.0559. The van der Waals surface area contributed by atoms with Crippen molar-refractivity contribution in [1.29, 1.82) is 0 Å². The number of hydrogen-bond acceptors (Lipinski definition) is 1. The summed E-state index contributed by atoms with van der Waals surface area (Å²) in [6.07, 6.45) is -0.256. The minimum atomic E-state index is -2.84. The molecule has 0 unspecified atom stereocenters. The van der Waals surface area contributed by atoms with Crippen LogP contribution in [-0.2, 0) is 5.92 Å². The average molecular weight is 304 g/mol. The van der Waals surface area contributed by atoms with E-state index in [9.17, 15) is 13.6 Å². The lowest BCUT2D eigenvalue weighted by Gasteiger charge is -2.15. The van der Waals surface area contributed by atoms with E-state index < -0.39 is 12.0 Å². The molecule has 0 aliphatic heterocycles. The van der Waals surface area contributed by atoms with Crippen LogP contribution in [0.5, 0.6) is 0 Å². The van der Waals surface area contributed by atoms with E-state index in [2.05, 4.69) is 10.6 Å². The van der Waals surface area contributed by atoms with E-state index in [1.807, 2.05) is 25.1 Å². The highest BCUT2D eigenvalue weighted by molar-refractivity contribution is 5.99. The topological polar surface area (TPSA) is 41.1 Å². The van der Waals surface area contributed by atoms with Crippen molar-refractivity contribution < 1.29 is 13.6 Å². The second-order valence-corrected chi connectivity index (χ2v) is 5.08. The minimum Gasteiger partial charge on any atom is -0.308 e. The molecule has 3 nitrogen and oxygen atoms in total. The van der Waals surface area contributed by atoms with Crippen LogP contribution < -0.4 is 10.6 Å². The van der Waals surface area contributed by atoms with Crippen molar-refractivity contribution in [1.82, 2.24) is 0 Å². The summed E-state index contributed by atoms with van der Waals surface area (Å²) in [4.78, 5) is 11.9. The zero-order chi connectivity index (χ0) is 16.2. The zero-order valence-electron chi connectivity index (χ0n) is 12.5. The summed E-state index contributed by atoms with van der Waals surface area (Å²) >= 11 is 0. The van der Waals surface area contributed by atoms with Gasteiger partial charge in [-0.15, -0.1) is 0 Å². The number of carbonyl (C=O) groups is 1. The van der Waals surface area contributed by atoms with E-state index in [4.69, 9.17) is 0 Å². The van der Waals surface area contributed by atoms with Crippen LogP contribution in [0.25, 0.3) is 0 Å². The standard InChI is InChI=1S/C17H18F2N2O/c1-3-17(18,19)13-7-9-14(10-8-13)20-16(22)21-15-6-4-5-12(2)11-15/h4-11H,3H2,1-2H3,(H2,20,21,22). The molecule has 0 heterocycles. The van der Waals surface area contributed by atoms with Crippen LogP contribution in [-0.4, -0.2) is 6.03 Å². The highest BCUT2D eigenvalue weighted by Gasteiger charge is 2.28. The predicted octanol–water partition coefficient (Wildman–Crippen LogP) is 5.14. The lowest BCUT2D eigenvalue weighted by molar-refractivity contribution is -0.00826. The lowest BCUT2D eigenvalue weighted by Crippen LogP contribution is -2.19. The molecule has 0 aliphatic rings. The van der Waals surface area contributed by atoms with Crippen LogP contribution in [0.3, 0.4) is 0 Å². The summed E-state index contributed by atoms with van der Waals surface area (Å²) in [7, 11) is 0. The number of halogens is 2. The second-order valence-electron chi connectivity index (χ2n) is 5.08. The third-order valence-corrected chi connectivity index (χ3v) is 3.29. The van der Waals surface area contributed by atoms with E-state index in [-0.39, 0.29) is 12.0 Å². The van der Waals surface area contributed by atoms with Crippen LogP contribution in [0.15, 0.2) is 48.5 Å². The Kier molecular flexibility index (Phi) is 4.75. The fourth-order valence-electron chi connectivity index (χ4n) is 2.02.